The van der Waals surface area contributed by atoms with Crippen LogP contribution in [0.25, 0.3) is 0 Å². The molecule has 0 bridgehead atoms. The summed E-state index contributed by atoms with van der Waals surface area (Å²) in [5.41, 5.74) is 3.41. The van der Waals surface area contributed by atoms with Gasteiger partial charge in [0.05, 0.1) is 5.54 Å². The Kier molecular flexibility index (Phi) is 10.8. The lowest BCUT2D eigenvalue weighted by Crippen LogP contribution is -2.46. The molecule has 1 aliphatic heterocycles. The van der Waals surface area contributed by atoms with Crippen LogP contribution in [-0.4, -0.2) is 70.0 Å². The number of carbonyl (C=O) groups is 3. The monoisotopic (exact) mass is 736 g/mol. The molecule has 6 rings (SSSR count). The first-order valence-electron chi connectivity index (χ1n) is 16.6. The number of rotatable bonds is 12. The molecular weight excluding hydrogens is 701 g/mol. The number of carbonyl (C=O) groups excluding carboxylic acids is 3. The standard InChI is InChI=1S/C36H36ClF3N8O4/c1-22(19-42-30(50)31(51)48-17-14-23-4-2-3-5-25(23)20-48)18-41-29(49)24-6-12-28(13-7-24)43-32-44-33(46-34(45-32)52-21-36(38,39)40)47-35(15-16-35)26-8-10-27(37)11-9-26/h2-13,22H,14-21H2,1H3,(H,41,49)(H,42,50)(H2,43,44,45,46,47). The third-order valence-corrected chi connectivity index (χ3v) is 8.97. The number of ether oxygens (including phenoxy) is 1. The van der Waals surface area contributed by atoms with Crippen molar-refractivity contribution in [2.45, 2.75) is 44.4 Å². The molecule has 4 aromatic rings. The number of alkyl halides is 3. The fourth-order valence-electron chi connectivity index (χ4n) is 5.70. The van der Waals surface area contributed by atoms with Gasteiger partial charge >= 0.3 is 24.0 Å². The second-order valence-corrected chi connectivity index (χ2v) is 13.3. The van der Waals surface area contributed by atoms with Crippen molar-refractivity contribution in [2.24, 2.45) is 5.92 Å². The minimum Gasteiger partial charge on any atom is -0.454 e. The van der Waals surface area contributed by atoms with Crippen LogP contribution in [-0.2, 0) is 28.1 Å². The van der Waals surface area contributed by atoms with Gasteiger partial charge in [-0.25, -0.2) is 0 Å². The van der Waals surface area contributed by atoms with Gasteiger partial charge in [0.25, 0.3) is 5.91 Å². The molecule has 1 aromatic heterocycles. The molecule has 0 spiro atoms. The van der Waals surface area contributed by atoms with Gasteiger partial charge in [-0.2, -0.15) is 28.1 Å². The zero-order chi connectivity index (χ0) is 36.9. The van der Waals surface area contributed by atoms with Gasteiger partial charge in [0.2, 0.25) is 11.9 Å². The molecule has 1 unspecified atom stereocenters. The second kappa shape index (κ2) is 15.4. The second-order valence-electron chi connectivity index (χ2n) is 12.9. The summed E-state index contributed by atoms with van der Waals surface area (Å²) in [6, 6.07) is 20.8. The number of hydrogen-bond acceptors (Lipinski definition) is 9. The molecule has 1 saturated carbocycles. The van der Waals surface area contributed by atoms with E-state index in [0.717, 1.165) is 24.0 Å². The molecule has 52 heavy (non-hydrogen) atoms. The van der Waals surface area contributed by atoms with Crippen molar-refractivity contribution >= 4 is 46.9 Å². The van der Waals surface area contributed by atoms with Gasteiger partial charge in [-0.1, -0.05) is 54.9 Å². The zero-order valence-electron chi connectivity index (χ0n) is 28.1. The van der Waals surface area contributed by atoms with Crippen molar-refractivity contribution in [3.8, 4) is 6.01 Å². The van der Waals surface area contributed by atoms with Crippen molar-refractivity contribution in [2.75, 3.05) is 36.9 Å². The average Bonchev–Trinajstić information content (AvgIpc) is 3.91. The predicted octanol–water partition coefficient (Wildman–Crippen LogP) is 5.38. The summed E-state index contributed by atoms with van der Waals surface area (Å²) >= 11 is 6.03. The van der Waals surface area contributed by atoms with Gasteiger partial charge in [-0.05, 0) is 78.3 Å². The molecule has 12 nitrogen and oxygen atoms in total. The van der Waals surface area contributed by atoms with Crippen LogP contribution < -0.4 is 26.0 Å². The van der Waals surface area contributed by atoms with E-state index in [0.29, 0.717) is 35.8 Å². The van der Waals surface area contributed by atoms with Crippen molar-refractivity contribution in [1.29, 1.82) is 0 Å². The lowest BCUT2D eigenvalue weighted by molar-refractivity contribution is -0.154. The molecule has 16 heteroatoms. The van der Waals surface area contributed by atoms with Crippen LogP contribution in [0.15, 0.2) is 72.8 Å². The van der Waals surface area contributed by atoms with E-state index in [1.807, 2.05) is 43.3 Å². The summed E-state index contributed by atoms with van der Waals surface area (Å²) in [6.07, 6.45) is -2.42. The number of nitrogens with zero attached hydrogens (tertiary/aromatic N) is 4. The van der Waals surface area contributed by atoms with Crippen LogP contribution >= 0.6 is 11.6 Å². The summed E-state index contributed by atoms with van der Waals surface area (Å²) in [4.78, 5) is 52.1. The lowest BCUT2D eigenvalue weighted by atomic mass is 10.00. The van der Waals surface area contributed by atoms with Gasteiger partial charge < -0.3 is 30.9 Å². The highest BCUT2D eigenvalue weighted by Crippen LogP contribution is 2.48. The van der Waals surface area contributed by atoms with Crippen molar-refractivity contribution in [3.63, 3.8) is 0 Å². The van der Waals surface area contributed by atoms with Crippen molar-refractivity contribution in [3.05, 3.63) is 100 Å². The number of hydrogen-bond donors (Lipinski definition) is 4. The number of aromatic nitrogens is 3. The van der Waals surface area contributed by atoms with E-state index in [2.05, 4.69) is 36.2 Å². The molecule has 1 aliphatic carbocycles. The maximum absolute atomic E-state index is 12.9. The molecular formula is C36H36ClF3N8O4. The van der Waals surface area contributed by atoms with E-state index in [9.17, 15) is 27.6 Å². The van der Waals surface area contributed by atoms with Crippen LogP contribution in [0, 0.1) is 5.92 Å². The maximum Gasteiger partial charge on any atom is 0.422 e. The van der Waals surface area contributed by atoms with Crippen LogP contribution in [0.1, 0.15) is 46.8 Å². The predicted molar refractivity (Wildman–Crippen MR) is 187 cm³/mol. The molecule has 3 aromatic carbocycles. The van der Waals surface area contributed by atoms with Gasteiger partial charge in [0.15, 0.2) is 6.61 Å². The van der Waals surface area contributed by atoms with Crippen molar-refractivity contribution < 1.29 is 32.3 Å². The Morgan fingerprint density at radius 3 is 2.27 bits per heavy atom. The highest BCUT2D eigenvalue weighted by molar-refractivity contribution is 6.35. The summed E-state index contributed by atoms with van der Waals surface area (Å²) in [5, 5.41) is 12.2. The molecule has 0 radical (unpaired) electrons. The van der Waals surface area contributed by atoms with Crippen LogP contribution in [0.2, 0.25) is 5.02 Å². The first kappa shape index (κ1) is 36.4. The summed E-state index contributed by atoms with van der Waals surface area (Å²) in [6.45, 7) is 1.54. The number of halogens is 4. The van der Waals surface area contributed by atoms with Gasteiger partial charge in [-0.3, -0.25) is 14.4 Å². The molecule has 272 valence electrons. The maximum atomic E-state index is 12.9. The Labute approximate surface area is 302 Å². The van der Waals surface area contributed by atoms with E-state index in [-0.39, 0.29) is 36.8 Å². The molecule has 3 amide bonds. The molecule has 1 fully saturated rings. The lowest BCUT2D eigenvalue weighted by Gasteiger charge is -2.28. The van der Waals surface area contributed by atoms with E-state index < -0.39 is 36.1 Å². The Morgan fingerprint density at radius 1 is 0.904 bits per heavy atom. The van der Waals surface area contributed by atoms with Gasteiger partial charge in [-0.15, -0.1) is 0 Å². The fourth-order valence-corrected chi connectivity index (χ4v) is 5.83. The first-order valence-corrected chi connectivity index (χ1v) is 17.0. The quantitative estimate of drug-likeness (QED) is 0.141. The molecule has 4 N–H and O–H groups in total. The third-order valence-electron chi connectivity index (χ3n) is 8.72. The van der Waals surface area contributed by atoms with Crippen LogP contribution in [0.3, 0.4) is 0 Å². The minimum atomic E-state index is -4.60. The molecule has 2 heterocycles. The van der Waals surface area contributed by atoms with E-state index in [4.69, 9.17) is 16.3 Å². The summed E-state index contributed by atoms with van der Waals surface area (Å²) in [7, 11) is 0. The van der Waals surface area contributed by atoms with Crippen molar-refractivity contribution in [1.82, 2.24) is 30.5 Å². The smallest absolute Gasteiger partial charge is 0.422 e. The first-order chi connectivity index (χ1) is 24.9. The third kappa shape index (κ3) is 9.46. The fraction of sp³-hybridized carbons (Fsp3) is 0.333. The van der Waals surface area contributed by atoms with Crippen LogP contribution in [0.4, 0.5) is 30.8 Å². The SMILES string of the molecule is CC(CNC(=O)C(=O)N1CCc2ccccc2C1)CNC(=O)c1ccc(Nc2nc(NC3(c4ccc(Cl)cc4)CC3)nc(OCC(F)(F)F)n2)cc1. The summed E-state index contributed by atoms with van der Waals surface area (Å²) in [5.74, 6) is -1.85. The number of fused-ring (bicyclic) bond motifs is 1. The minimum absolute atomic E-state index is 0.0186. The Morgan fingerprint density at radius 2 is 1.58 bits per heavy atom. The highest BCUT2D eigenvalue weighted by Gasteiger charge is 2.45. The van der Waals surface area contributed by atoms with E-state index in [1.165, 1.54) is 10.5 Å². The van der Waals surface area contributed by atoms with Crippen LogP contribution in [0.5, 0.6) is 6.01 Å². The number of benzene rings is 3. The van der Waals surface area contributed by atoms with E-state index >= 15 is 0 Å². The largest absolute Gasteiger partial charge is 0.454 e. The molecule has 1 atom stereocenters. The Bertz CT molecular complexity index is 1920. The Hall–Kier alpha value is -5.44. The van der Waals surface area contributed by atoms with Gasteiger partial charge in [0.1, 0.15) is 0 Å². The average molecular weight is 737 g/mol. The highest BCUT2D eigenvalue weighted by atomic mass is 35.5. The number of anilines is 3. The normalized spacial score (nSPS) is 15.1. The topological polar surface area (TPSA) is 150 Å². The Balaban J connectivity index is 1.01. The zero-order valence-corrected chi connectivity index (χ0v) is 28.9. The van der Waals surface area contributed by atoms with E-state index in [1.54, 1.807) is 36.4 Å². The molecule has 2 aliphatic rings. The summed E-state index contributed by atoms with van der Waals surface area (Å²) < 4.78 is 43.6. The number of amides is 3. The van der Waals surface area contributed by atoms with Gasteiger partial charge in [0, 0.05) is 42.5 Å². The molecule has 0 saturated heterocycles. The number of nitrogens with one attached hydrogen (secondary N) is 4.